The molecule has 0 radical (unpaired) electrons. The second kappa shape index (κ2) is 5.21. The van der Waals surface area contributed by atoms with E-state index in [1.807, 2.05) is 16.8 Å². The number of nitrogens with two attached hydrogens (primary N) is 1. The van der Waals surface area contributed by atoms with Crippen molar-refractivity contribution in [2.45, 2.75) is 6.04 Å². The van der Waals surface area contributed by atoms with Gasteiger partial charge in [-0.3, -0.25) is 0 Å². The second-order valence-corrected chi connectivity index (χ2v) is 3.70. The van der Waals surface area contributed by atoms with E-state index < -0.39 is 12.0 Å². The van der Waals surface area contributed by atoms with Gasteiger partial charge in [-0.25, -0.2) is 4.98 Å². The first-order valence-electron chi connectivity index (χ1n) is 4.17. The molecule has 15 heavy (non-hydrogen) atoms. The Bertz CT molecular complexity index is 419. The molecule has 0 amide bonds. The Morgan fingerprint density at radius 3 is 2.80 bits per heavy atom. The Morgan fingerprint density at radius 1 is 1.40 bits per heavy atom. The molecule has 0 unspecified atom stereocenters. The predicted octanol–water partition coefficient (Wildman–Crippen LogP) is 2.75. The quantitative estimate of drug-likeness (QED) is 0.825. The lowest BCUT2D eigenvalue weighted by Crippen LogP contribution is -2.13. The van der Waals surface area contributed by atoms with E-state index >= 15 is 0 Å². The van der Waals surface area contributed by atoms with Gasteiger partial charge >= 0.3 is 0 Å². The average Bonchev–Trinajstić information content (AvgIpc) is 2.70. The van der Waals surface area contributed by atoms with Crippen LogP contribution in [0.1, 0.15) is 17.2 Å². The molecule has 0 aliphatic carbocycles. The average molecular weight is 245 g/mol. The van der Waals surface area contributed by atoms with Gasteiger partial charge < -0.3 is 5.73 Å². The summed E-state index contributed by atoms with van der Waals surface area (Å²) in [6, 6.07) is 4.81. The Balaban J connectivity index is 0.00000112. The number of aromatic nitrogens is 1. The van der Waals surface area contributed by atoms with Gasteiger partial charge in [0, 0.05) is 11.8 Å². The number of rotatable bonds is 2. The van der Waals surface area contributed by atoms with E-state index in [2.05, 4.69) is 4.98 Å². The summed E-state index contributed by atoms with van der Waals surface area (Å²) < 4.78 is 13.2. The molecule has 0 aromatic carbocycles. The van der Waals surface area contributed by atoms with Gasteiger partial charge in [0.25, 0.3) is 0 Å². The minimum absolute atomic E-state index is 0. The number of halogens is 2. The minimum atomic E-state index is -0.494. The van der Waals surface area contributed by atoms with Crippen molar-refractivity contribution >= 4 is 23.7 Å². The maximum absolute atomic E-state index is 13.2. The molecule has 0 saturated heterocycles. The van der Waals surface area contributed by atoms with Gasteiger partial charge in [0.15, 0.2) is 0 Å². The normalized spacial score (nSPS) is 11.9. The predicted molar refractivity (Wildman–Crippen MR) is 61.8 cm³/mol. The zero-order valence-corrected chi connectivity index (χ0v) is 9.39. The van der Waals surface area contributed by atoms with Gasteiger partial charge in [-0.1, -0.05) is 6.07 Å². The van der Waals surface area contributed by atoms with E-state index in [-0.39, 0.29) is 12.4 Å². The summed E-state index contributed by atoms with van der Waals surface area (Å²) in [4.78, 5) is 3.57. The number of pyridine rings is 1. The van der Waals surface area contributed by atoms with Crippen LogP contribution >= 0.6 is 23.7 Å². The van der Waals surface area contributed by atoms with Crippen LogP contribution in [0.2, 0.25) is 0 Å². The highest BCUT2D eigenvalue weighted by molar-refractivity contribution is 7.08. The zero-order valence-electron chi connectivity index (χ0n) is 7.76. The molecule has 2 aromatic heterocycles. The molecule has 0 fully saturated rings. The van der Waals surface area contributed by atoms with Gasteiger partial charge in [0.05, 0.1) is 6.04 Å². The molecule has 2 aromatic rings. The molecule has 5 heteroatoms. The van der Waals surface area contributed by atoms with Gasteiger partial charge in [-0.05, 0) is 28.5 Å². The lowest BCUT2D eigenvalue weighted by molar-refractivity contribution is 0.558. The molecule has 0 bridgehead atoms. The maximum atomic E-state index is 13.2. The molecule has 0 saturated carbocycles. The minimum Gasteiger partial charge on any atom is -0.320 e. The van der Waals surface area contributed by atoms with Crippen LogP contribution in [-0.4, -0.2) is 4.98 Å². The number of thiophene rings is 1. The first-order chi connectivity index (χ1) is 6.79. The second-order valence-electron chi connectivity index (χ2n) is 2.92. The topological polar surface area (TPSA) is 38.9 Å². The van der Waals surface area contributed by atoms with Gasteiger partial charge in [-0.15, -0.1) is 12.4 Å². The van der Waals surface area contributed by atoms with Crippen molar-refractivity contribution in [1.82, 2.24) is 4.98 Å². The molecule has 1 atom stereocenters. The highest BCUT2D eigenvalue weighted by atomic mass is 35.5. The van der Waals surface area contributed by atoms with Crippen LogP contribution in [0.5, 0.6) is 0 Å². The molecule has 0 aliphatic heterocycles. The van der Waals surface area contributed by atoms with E-state index in [1.165, 1.54) is 6.20 Å². The van der Waals surface area contributed by atoms with Crippen molar-refractivity contribution in [2.75, 3.05) is 0 Å². The third-order valence-corrected chi connectivity index (χ3v) is 2.73. The fraction of sp³-hybridized carbons (Fsp3) is 0.100. The molecular formula is C10H10ClFN2S. The lowest BCUT2D eigenvalue weighted by Gasteiger charge is -2.09. The first-order valence-corrected chi connectivity index (χ1v) is 5.11. The van der Waals surface area contributed by atoms with Crippen LogP contribution in [0, 0.1) is 5.95 Å². The van der Waals surface area contributed by atoms with Crippen LogP contribution in [0.15, 0.2) is 35.2 Å². The lowest BCUT2D eigenvalue weighted by atomic mass is 10.0. The monoisotopic (exact) mass is 244 g/mol. The van der Waals surface area contributed by atoms with Crippen molar-refractivity contribution < 1.29 is 4.39 Å². The standard InChI is InChI=1S/C10H9FN2S.ClH/c11-10-8(2-1-4-13-10)9(12)7-3-5-14-6-7;/h1-6,9H,12H2;1H/t9-;/m1./s1. The fourth-order valence-electron chi connectivity index (χ4n) is 1.26. The van der Waals surface area contributed by atoms with E-state index in [4.69, 9.17) is 5.73 Å². The maximum Gasteiger partial charge on any atom is 0.217 e. The Labute approximate surface area is 97.4 Å². The van der Waals surface area contributed by atoms with Crippen LogP contribution in [0.3, 0.4) is 0 Å². The fourth-order valence-corrected chi connectivity index (χ4v) is 1.96. The van der Waals surface area contributed by atoms with Crippen molar-refractivity contribution in [3.8, 4) is 0 Å². The summed E-state index contributed by atoms with van der Waals surface area (Å²) in [6.07, 6.45) is 1.42. The summed E-state index contributed by atoms with van der Waals surface area (Å²) in [5.41, 5.74) is 7.24. The number of nitrogens with zero attached hydrogens (tertiary/aromatic N) is 1. The summed E-state index contributed by atoms with van der Waals surface area (Å²) in [6.45, 7) is 0. The summed E-state index contributed by atoms with van der Waals surface area (Å²) in [5, 5.41) is 3.83. The largest absolute Gasteiger partial charge is 0.320 e. The highest BCUT2D eigenvalue weighted by Gasteiger charge is 2.13. The molecule has 0 aliphatic rings. The van der Waals surface area contributed by atoms with E-state index in [1.54, 1.807) is 23.5 Å². The Kier molecular flexibility index (Phi) is 4.20. The van der Waals surface area contributed by atoms with Gasteiger partial charge in [0.2, 0.25) is 5.95 Å². The smallest absolute Gasteiger partial charge is 0.217 e. The van der Waals surface area contributed by atoms with Crippen molar-refractivity contribution in [2.24, 2.45) is 5.73 Å². The third kappa shape index (κ3) is 2.53. The summed E-state index contributed by atoms with van der Waals surface area (Å²) in [5.74, 6) is -0.494. The van der Waals surface area contributed by atoms with Crippen LogP contribution in [-0.2, 0) is 0 Å². The van der Waals surface area contributed by atoms with Gasteiger partial charge in [-0.2, -0.15) is 15.7 Å². The number of hydrogen-bond donors (Lipinski definition) is 1. The van der Waals surface area contributed by atoms with Crippen molar-refractivity contribution in [3.63, 3.8) is 0 Å². The Morgan fingerprint density at radius 2 is 2.20 bits per heavy atom. The number of hydrogen-bond acceptors (Lipinski definition) is 3. The molecule has 2 rings (SSSR count). The van der Waals surface area contributed by atoms with Crippen LogP contribution in [0.25, 0.3) is 0 Å². The molecular weight excluding hydrogens is 235 g/mol. The molecule has 2 heterocycles. The van der Waals surface area contributed by atoms with E-state index in [0.29, 0.717) is 5.56 Å². The SMILES string of the molecule is Cl.N[C@H](c1ccsc1)c1cccnc1F. The zero-order chi connectivity index (χ0) is 9.97. The van der Waals surface area contributed by atoms with E-state index in [0.717, 1.165) is 5.56 Å². The van der Waals surface area contributed by atoms with Crippen LogP contribution in [0.4, 0.5) is 4.39 Å². The van der Waals surface area contributed by atoms with Crippen molar-refractivity contribution in [3.05, 3.63) is 52.2 Å². The van der Waals surface area contributed by atoms with Crippen molar-refractivity contribution in [1.29, 1.82) is 0 Å². The molecule has 80 valence electrons. The molecule has 0 spiro atoms. The molecule has 2 nitrogen and oxygen atoms in total. The summed E-state index contributed by atoms with van der Waals surface area (Å²) >= 11 is 1.55. The Hall–Kier alpha value is -0.970. The third-order valence-electron chi connectivity index (χ3n) is 2.03. The highest BCUT2D eigenvalue weighted by Crippen LogP contribution is 2.22. The summed E-state index contributed by atoms with van der Waals surface area (Å²) in [7, 11) is 0. The molecule has 2 N–H and O–H groups in total. The first kappa shape index (κ1) is 12.1. The van der Waals surface area contributed by atoms with Gasteiger partial charge in [0.1, 0.15) is 0 Å². The van der Waals surface area contributed by atoms with E-state index in [9.17, 15) is 4.39 Å². The van der Waals surface area contributed by atoms with Crippen LogP contribution < -0.4 is 5.73 Å².